The largest absolute Gasteiger partial charge is 0.462 e. The van der Waals surface area contributed by atoms with E-state index >= 15 is 0 Å². The van der Waals surface area contributed by atoms with Crippen LogP contribution in [0.25, 0.3) is 0 Å². The Hall–Kier alpha value is -2.89. The van der Waals surface area contributed by atoms with E-state index < -0.39 is 23.4 Å². The number of rotatable bonds is 12. The van der Waals surface area contributed by atoms with Gasteiger partial charge in [0.25, 0.3) is 0 Å². The van der Waals surface area contributed by atoms with Crippen molar-refractivity contribution in [3.63, 3.8) is 0 Å². The molecule has 0 aromatic heterocycles. The van der Waals surface area contributed by atoms with Crippen LogP contribution in [0.5, 0.6) is 0 Å². The van der Waals surface area contributed by atoms with Crippen LogP contribution in [0.1, 0.15) is 45.6 Å². The first kappa shape index (κ1) is 24.1. The minimum absolute atomic E-state index is 0.0886. The SMILES string of the molecule is C=C(CCCC)CN(Cc1ccccc1)C(=O)C=C(C(=O)OCC)C(=O)OCC. The van der Waals surface area contributed by atoms with Gasteiger partial charge >= 0.3 is 11.9 Å². The summed E-state index contributed by atoms with van der Waals surface area (Å²) in [6.45, 7) is 10.3. The molecule has 1 rings (SSSR count). The van der Waals surface area contributed by atoms with Crippen molar-refractivity contribution >= 4 is 17.8 Å². The van der Waals surface area contributed by atoms with Crippen LogP contribution in [0.15, 0.2) is 54.1 Å². The fourth-order valence-electron chi connectivity index (χ4n) is 2.62. The molecule has 158 valence electrons. The number of amides is 1. The molecule has 6 nitrogen and oxygen atoms in total. The average Bonchev–Trinajstić information content (AvgIpc) is 2.70. The van der Waals surface area contributed by atoms with Crippen LogP contribution in [-0.4, -0.2) is 42.5 Å². The van der Waals surface area contributed by atoms with Gasteiger partial charge in [0.1, 0.15) is 5.57 Å². The summed E-state index contributed by atoms with van der Waals surface area (Å²) in [6.07, 6.45) is 3.83. The number of unbranched alkanes of at least 4 members (excludes halogenated alkanes) is 1. The molecule has 0 N–H and O–H groups in total. The molecule has 1 amide bonds. The van der Waals surface area contributed by atoms with Crippen LogP contribution < -0.4 is 0 Å². The van der Waals surface area contributed by atoms with Crippen molar-refractivity contribution in [3.05, 3.63) is 59.7 Å². The van der Waals surface area contributed by atoms with E-state index in [-0.39, 0.29) is 13.2 Å². The highest BCUT2D eigenvalue weighted by molar-refractivity contribution is 6.17. The summed E-state index contributed by atoms with van der Waals surface area (Å²) < 4.78 is 9.82. The van der Waals surface area contributed by atoms with Gasteiger partial charge in [-0.05, 0) is 32.3 Å². The summed E-state index contributed by atoms with van der Waals surface area (Å²) in [7, 11) is 0. The van der Waals surface area contributed by atoms with Crippen molar-refractivity contribution in [2.24, 2.45) is 0 Å². The molecule has 0 aliphatic heterocycles. The highest BCUT2D eigenvalue weighted by atomic mass is 16.6. The second-order valence-corrected chi connectivity index (χ2v) is 6.53. The lowest BCUT2D eigenvalue weighted by Crippen LogP contribution is -2.32. The number of nitrogens with zero attached hydrogens (tertiary/aromatic N) is 1. The first-order valence-corrected chi connectivity index (χ1v) is 9.98. The molecule has 0 spiro atoms. The number of hydrogen-bond acceptors (Lipinski definition) is 5. The Kier molecular flexibility index (Phi) is 11.1. The highest BCUT2D eigenvalue weighted by Gasteiger charge is 2.24. The van der Waals surface area contributed by atoms with E-state index in [0.717, 1.165) is 36.5 Å². The molecule has 0 aliphatic rings. The van der Waals surface area contributed by atoms with E-state index in [0.29, 0.717) is 13.1 Å². The Morgan fingerprint density at radius 2 is 1.59 bits per heavy atom. The van der Waals surface area contributed by atoms with Crippen molar-refractivity contribution in [2.75, 3.05) is 19.8 Å². The molecule has 0 saturated heterocycles. The van der Waals surface area contributed by atoms with Crippen LogP contribution in [-0.2, 0) is 30.4 Å². The van der Waals surface area contributed by atoms with Crippen LogP contribution in [0, 0.1) is 0 Å². The van der Waals surface area contributed by atoms with Gasteiger partial charge in [-0.15, -0.1) is 0 Å². The Morgan fingerprint density at radius 1 is 1.00 bits per heavy atom. The zero-order chi connectivity index (χ0) is 21.6. The lowest BCUT2D eigenvalue weighted by molar-refractivity contribution is -0.147. The maximum absolute atomic E-state index is 13.0. The molecule has 0 heterocycles. The second kappa shape index (κ2) is 13.3. The van der Waals surface area contributed by atoms with Gasteiger partial charge < -0.3 is 14.4 Å². The zero-order valence-electron chi connectivity index (χ0n) is 17.6. The lowest BCUT2D eigenvalue weighted by Gasteiger charge is -2.23. The summed E-state index contributed by atoms with van der Waals surface area (Å²) >= 11 is 0. The van der Waals surface area contributed by atoms with Crippen molar-refractivity contribution in [1.29, 1.82) is 0 Å². The molecule has 0 aliphatic carbocycles. The number of carbonyl (C=O) groups is 3. The summed E-state index contributed by atoms with van der Waals surface area (Å²) in [5.41, 5.74) is 1.45. The average molecular weight is 402 g/mol. The quantitative estimate of drug-likeness (QED) is 0.175. The molecule has 0 saturated carbocycles. The fraction of sp³-hybridized carbons (Fsp3) is 0.435. The summed E-state index contributed by atoms with van der Waals surface area (Å²) in [6, 6.07) is 9.51. The van der Waals surface area contributed by atoms with Gasteiger partial charge in [-0.1, -0.05) is 55.8 Å². The third-order valence-corrected chi connectivity index (χ3v) is 4.08. The van der Waals surface area contributed by atoms with Gasteiger partial charge in [0.05, 0.1) is 13.2 Å². The van der Waals surface area contributed by atoms with Crippen LogP contribution >= 0.6 is 0 Å². The van der Waals surface area contributed by atoms with E-state index in [9.17, 15) is 14.4 Å². The topological polar surface area (TPSA) is 72.9 Å². The number of esters is 2. The summed E-state index contributed by atoms with van der Waals surface area (Å²) in [5.74, 6) is -2.21. The predicted molar refractivity (Wildman–Crippen MR) is 112 cm³/mol. The summed E-state index contributed by atoms with van der Waals surface area (Å²) in [5, 5.41) is 0. The van der Waals surface area contributed by atoms with E-state index in [4.69, 9.17) is 9.47 Å². The molecule has 6 heteroatoms. The number of ether oxygens (including phenoxy) is 2. The first-order valence-electron chi connectivity index (χ1n) is 9.98. The normalized spacial score (nSPS) is 10.0. The standard InChI is InChI=1S/C23H31NO5/c1-5-8-12-18(4)16-24(17-19-13-10-9-11-14-19)21(25)15-20(22(26)28-6-2)23(27)29-7-3/h9-11,13-15H,4-8,12,16-17H2,1-3H3. The van der Waals surface area contributed by atoms with Gasteiger partial charge in [0.15, 0.2) is 0 Å². The molecular weight excluding hydrogens is 370 g/mol. The van der Waals surface area contributed by atoms with Gasteiger partial charge in [0.2, 0.25) is 5.91 Å². The monoisotopic (exact) mass is 401 g/mol. The van der Waals surface area contributed by atoms with Crippen LogP contribution in [0.2, 0.25) is 0 Å². The maximum Gasteiger partial charge on any atom is 0.345 e. The minimum Gasteiger partial charge on any atom is -0.462 e. The van der Waals surface area contributed by atoms with E-state index in [1.165, 1.54) is 0 Å². The van der Waals surface area contributed by atoms with E-state index in [2.05, 4.69) is 13.5 Å². The van der Waals surface area contributed by atoms with E-state index in [1.807, 2.05) is 30.3 Å². The second-order valence-electron chi connectivity index (χ2n) is 6.53. The Labute approximate surface area is 173 Å². The van der Waals surface area contributed by atoms with Crippen LogP contribution in [0.3, 0.4) is 0 Å². The molecule has 1 aromatic rings. The van der Waals surface area contributed by atoms with Gasteiger partial charge in [-0.25, -0.2) is 9.59 Å². The zero-order valence-corrected chi connectivity index (χ0v) is 17.6. The minimum atomic E-state index is -0.872. The van der Waals surface area contributed by atoms with E-state index in [1.54, 1.807) is 18.7 Å². The lowest BCUT2D eigenvalue weighted by atomic mass is 10.1. The summed E-state index contributed by atoms with van der Waals surface area (Å²) in [4.78, 5) is 38.9. The fourth-order valence-corrected chi connectivity index (χ4v) is 2.62. The Bertz CT molecular complexity index is 704. The maximum atomic E-state index is 13.0. The first-order chi connectivity index (χ1) is 13.9. The predicted octanol–water partition coefficient (Wildman–Crippen LogP) is 3.81. The van der Waals surface area contributed by atoms with Crippen molar-refractivity contribution < 1.29 is 23.9 Å². The number of hydrogen-bond donors (Lipinski definition) is 0. The van der Waals surface area contributed by atoms with Gasteiger partial charge in [-0.3, -0.25) is 4.79 Å². The van der Waals surface area contributed by atoms with Crippen molar-refractivity contribution in [1.82, 2.24) is 4.90 Å². The molecule has 0 radical (unpaired) electrons. The Balaban J connectivity index is 3.12. The van der Waals surface area contributed by atoms with Crippen molar-refractivity contribution in [3.8, 4) is 0 Å². The molecule has 0 unspecified atom stereocenters. The molecule has 1 aromatic carbocycles. The smallest absolute Gasteiger partial charge is 0.345 e. The van der Waals surface area contributed by atoms with Crippen LogP contribution in [0.4, 0.5) is 0 Å². The molecule has 0 bridgehead atoms. The van der Waals surface area contributed by atoms with Gasteiger partial charge in [-0.2, -0.15) is 0 Å². The third-order valence-electron chi connectivity index (χ3n) is 4.08. The van der Waals surface area contributed by atoms with Gasteiger partial charge in [0, 0.05) is 19.2 Å². The Morgan fingerprint density at radius 3 is 2.10 bits per heavy atom. The highest BCUT2D eigenvalue weighted by Crippen LogP contribution is 2.13. The van der Waals surface area contributed by atoms with Crippen molar-refractivity contribution in [2.45, 2.75) is 46.6 Å². The molecule has 29 heavy (non-hydrogen) atoms. The molecular formula is C23H31NO5. The molecule has 0 atom stereocenters. The third kappa shape index (κ3) is 8.77. The number of carbonyl (C=O) groups excluding carboxylic acids is 3. The number of benzene rings is 1. The molecule has 0 fully saturated rings.